The molecule has 0 fully saturated rings. The van der Waals surface area contributed by atoms with Gasteiger partial charge in [-0.2, -0.15) is 0 Å². The van der Waals surface area contributed by atoms with E-state index in [1.807, 2.05) is 0 Å². The van der Waals surface area contributed by atoms with E-state index in [-0.39, 0.29) is 23.9 Å². The smallest absolute Gasteiger partial charge is 0.220 e. The van der Waals surface area contributed by atoms with Gasteiger partial charge in [0.15, 0.2) is 0 Å². The number of amides is 2. The van der Waals surface area contributed by atoms with Crippen molar-refractivity contribution in [2.24, 2.45) is 0 Å². The summed E-state index contributed by atoms with van der Waals surface area (Å²) in [6, 6.07) is -0.397. The van der Waals surface area contributed by atoms with Crippen molar-refractivity contribution < 1.29 is 9.59 Å². The maximum Gasteiger partial charge on any atom is 0.220 e. The first-order chi connectivity index (χ1) is 10.5. The fourth-order valence-electron chi connectivity index (χ4n) is 1.99. The van der Waals surface area contributed by atoms with Crippen LogP contribution in [0.3, 0.4) is 0 Å². The standard InChI is InChI=1S/C18H28N2O2/c1-5-15(3)19-17(21)13-11-9-7-8-10-12-14-18(22)20-16(4)6-2/h1-2,15-16H,7-14H2,3-4H3,(H,19,21)(H,20,22). The number of hydrogen-bond donors (Lipinski definition) is 2. The monoisotopic (exact) mass is 304 g/mol. The molecule has 0 aromatic rings. The topological polar surface area (TPSA) is 58.2 Å². The Kier molecular flexibility index (Phi) is 11.6. The molecule has 0 aliphatic heterocycles. The van der Waals surface area contributed by atoms with Gasteiger partial charge in [-0.05, 0) is 26.7 Å². The molecule has 0 aliphatic carbocycles. The SMILES string of the molecule is C#CC(C)NC(=O)CCCCCCCCC(=O)NC(C)C#C. The molecule has 0 aliphatic rings. The second-order valence-corrected chi connectivity index (χ2v) is 5.53. The second kappa shape index (κ2) is 12.8. The zero-order valence-electron chi connectivity index (χ0n) is 13.8. The summed E-state index contributed by atoms with van der Waals surface area (Å²) in [5.74, 6) is 4.98. The summed E-state index contributed by atoms with van der Waals surface area (Å²) in [5, 5.41) is 5.48. The van der Waals surface area contributed by atoms with Crippen LogP contribution in [-0.2, 0) is 9.59 Å². The number of carbonyl (C=O) groups is 2. The molecule has 122 valence electrons. The van der Waals surface area contributed by atoms with Crippen LogP contribution in [0.2, 0.25) is 0 Å². The highest BCUT2D eigenvalue weighted by atomic mass is 16.2. The van der Waals surface area contributed by atoms with Crippen molar-refractivity contribution in [2.75, 3.05) is 0 Å². The van der Waals surface area contributed by atoms with E-state index in [1.165, 1.54) is 0 Å². The summed E-state index contributed by atoms with van der Waals surface area (Å²) in [6.45, 7) is 3.58. The average Bonchev–Trinajstić information content (AvgIpc) is 2.49. The van der Waals surface area contributed by atoms with E-state index in [4.69, 9.17) is 12.8 Å². The van der Waals surface area contributed by atoms with E-state index in [0.717, 1.165) is 38.5 Å². The Bertz CT molecular complexity index is 378. The van der Waals surface area contributed by atoms with Crippen molar-refractivity contribution >= 4 is 11.8 Å². The van der Waals surface area contributed by atoms with E-state index < -0.39 is 0 Å². The Hall–Kier alpha value is -1.94. The van der Waals surface area contributed by atoms with Gasteiger partial charge in [0, 0.05) is 12.8 Å². The molecule has 2 amide bonds. The zero-order valence-corrected chi connectivity index (χ0v) is 13.8. The van der Waals surface area contributed by atoms with Crippen LogP contribution in [0, 0.1) is 24.7 Å². The number of unbranched alkanes of at least 4 members (excludes halogenated alkanes) is 5. The summed E-state index contributed by atoms with van der Waals surface area (Å²) in [4.78, 5) is 22.9. The first-order valence-electron chi connectivity index (χ1n) is 8.00. The van der Waals surface area contributed by atoms with E-state index in [0.29, 0.717) is 12.8 Å². The molecule has 0 saturated heterocycles. The Morgan fingerprint density at radius 3 is 1.41 bits per heavy atom. The Morgan fingerprint density at radius 1 is 0.773 bits per heavy atom. The first kappa shape index (κ1) is 20.1. The lowest BCUT2D eigenvalue weighted by atomic mass is 10.1. The molecule has 2 unspecified atom stereocenters. The van der Waals surface area contributed by atoms with Crippen LogP contribution in [0.15, 0.2) is 0 Å². The lowest BCUT2D eigenvalue weighted by Gasteiger charge is -2.08. The fourth-order valence-corrected chi connectivity index (χ4v) is 1.99. The molecular formula is C18H28N2O2. The predicted molar refractivity (Wildman–Crippen MR) is 89.8 cm³/mol. The van der Waals surface area contributed by atoms with Gasteiger partial charge in [0.1, 0.15) is 0 Å². The summed E-state index contributed by atoms with van der Waals surface area (Å²) in [5.41, 5.74) is 0. The van der Waals surface area contributed by atoms with Crippen molar-refractivity contribution in [1.29, 1.82) is 0 Å². The van der Waals surface area contributed by atoms with E-state index >= 15 is 0 Å². The van der Waals surface area contributed by atoms with E-state index in [9.17, 15) is 9.59 Å². The van der Waals surface area contributed by atoms with Crippen LogP contribution in [0.25, 0.3) is 0 Å². The number of hydrogen-bond acceptors (Lipinski definition) is 2. The highest BCUT2D eigenvalue weighted by Gasteiger charge is 2.05. The van der Waals surface area contributed by atoms with Crippen LogP contribution in [0.1, 0.15) is 65.2 Å². The molecule has 0 bridgehead atoms. The lowest BCUT2D eigenvalue weighted by Crippen LogP contribution is -2.31. The Morgan fingerprint density at radius 2 is 1.09 bits per heavy atom. The first-order valence-corrected chi connectivity index (χ1v) is 8.00. The summed E-state index contributed by atoms with van der Waals surface area (Å²) >= 11 is 0. The fraction of sp³-hybridized carbons (Fsp3) is 0.667. The molecule has 0 heterocycles. The van der Waals surface area contributed by atoms with Gasteiger partial charge < -0.3 is 10.6 Å². The van der Waals surface area contributed by atoms with Crippen LogP contribution in [-0.4, -0.2) is 23.9 Å². The molecule has 0 radical (unpaired) electrons. The van der Waals surface area contributed by atoms with Crippen LogP contribution in [0.4, 0.5) is 0 Å². The molecule has 0 spiro atoms. The Labute approximate surface area is 134 Å². The van der Waals surface area contributed by atoms with Gasteiger partial charge in [0.2, 0.25) is 11.8 Å². The van der Waals surface area contributed by atoms with E-state index in [2.05, 4.69) is 22.5 Å². The molecule has 2 N–H and O–H groups in total. The van der Waals surface area contributed by atoms with Gasteiger partial charge in [-0.15, -0.1) is 12.8 Å². The third-order valence-corrected chi connectivity index (χ3v) is 3.31. The highest BCUT2D eigenvalue weighted by Crippen LogP contribution is 2.08. The molecule has 4 nitrogen and oxygen atoms in total. The van der Waals surface area contributed by atoms with Crippen molar-refractivity contribution in [2.45, 2.75) is 77.3 Å². The van der Waals surface area contributed by atoms with Crippen molar-refractivity contribution in [1.82, 2.24) is 10.6 Å². The molecule has 0 saturated carbocycles. The number of carbonyl (C=O) groups excluding carboxylic acids is 2. The predicted octanol–water partition coefficient (Wildman–Crippen LogP) is 2.38. The van der Waals surface area contributed by atoms with Gasteiger partial charge in [-0.3, -0.25) is 9.59 Å². The largest absolute Gasteiger partial charge is 0.343 e. The minimum Gasteiger partial charge on any atom is -0.343 e. The molecular weight excluding hydrogens is 276 g/mol. The number of nitrogens with one attached hydrogen (secondary N) is 2. The number of rotatable bonds is 11. The lowest BCUT2D eigenvalue weighted by molar-refractivity contribution is -0.122. The maximum absolute atomic E-state index is 11.5. The quantitative estimate of drug-likeness (QED) is 0.455. The normalized spacial score (nSPS) is 12.5. The molecule has 2 atom stereocenters. The molecule has 22 heavy (non-hydrogen) atoms. The van der Waals surface area contributed by atoms with Gasteiger partial charge >= 0.3 is 0 Å². The Balaban J connectivity index is 3.41. The zero-order chi connectivity index (χ0) is 16.8. The minimum atomic E-state index is -0.198. The van der Waals surface area contributed by atoms with Gasteiger partial charge in [0.25, 0.3) is 0 Å². The molecule has 0 aromatic carbocycles. The van der Waals surface area contributed by atoms with Crippen LogP contribution < -0.4 is 10.6 Å². The maximum atomic E-state index is 11.5. The van der Waals surface area contributed by atoms with Gasteiger partial charge in [-0.25, -0.2) is 0 Å². The second-order valence-electron chi connectivity index (χ2n) is 5.53. The van der Waals surface area contributed by atoms with Gasteiger partial charge in [0.05, 0.1) is 12.1 Å². The third kappa shape index (κ3) is 11.9. The van der Waals surface area contributed by atoms with Crippen LogP contribution in [0.5, 0.6) is 0 Å². The minimum absolute atomic E-state index is 0.0183. The van der Waals surface area contributed by atoms with Gasteiger partial charge in [-0.1, -0.05) is 37.5 Å². The molecule has 0 rings (SSSR count). The summed E-state index contributed by atoms with van der Waals surface area (Å²) < 4.78 is 0. The summed E-state index contributed by atoms with van der Waals surface area (Å²) in [7, 11) is 0. The molecule has 4 heteroatoms. The van der Waals surface area contributed by atoms with Crippen LogP contribution >= 0.6 is 0 Å². The van der Waals surface area contributed by atoms with Crippen molar-refractivity contribution in [3.05, 3.63) is 0 Å². The van der Waals surface area contributed by atoms with Crippen molar-refractivity contribution in [3.63, 3.8) is 0 Å². The number of terminal acetylenes is 2. The highest BCUT2D eigenvalue weighted by molar-refractivity contribution is 5.76. The third-order valence-electron chi connectivity index (χ3n) is 3.31. The average molecular weight is 304 g/mol. The van der Waals surface area contributed by atoms with Crippen molar-refractivity contribution in [3.8, 4) is 24.7 Å². The molecule has 0 aromatic heterocycles. The van der Waals surface area contributed by atoms with E-state index in [1.54, 1.807) is 13.8 Å². The summed E-state index contributed by atoms with van der Waals surface area (Å²) in [6.07, 6.45) is 17.4.